The first-order valence-electron chi connectivity index (χ1n) is 26.4. The first-order chi connectivity index (χ1) is 38.7. The molecule has 12 rings (SSSR count). The normalized spacial score (nSPS) is 11.2. The Morgan fingerprint density at radius 3 is 0.275 bits per heavy atom. The molecule has 0 aliphatic carbocycles. The van der Waals surface area contributed by atoms with E-state index in [1.807, 2.05) is 0 Å². The highest BCUT2D eigenvalue weighted by molar-refractivity contribution is 7.94. The third-order valence-electron chi connectivity index (χ3n) is 14.1. The largest absolute Gasteiger partial charge is 1.00 e. The Balaban J connectivity index is 0.000000189. The molecule has 0 heterocycles. The van der Waals surface area contributed by atoms with Crippen LogP contribution in [0.5, 0.6) is 0 Å². The quantitative estimate of drug-likeness (QED) is 0.0951. The molecule has 0 aliphatic heterocycles. The Morgan fingerprint density at radius 2 is 0.200 bits per heavy atom. The van der Waals surface area contributed by atoms with E-state index in [2.05, 4.69) is 364 Å². The maximum absolute atomic E-state index is 6.38. The standard InChI is InChI=1S/2C36H30NP2.2ClH/c2*1-7-19-31(20-8-1)38(32-21-9-2-10-22-32,33-23-11-3-12-24-33)37-39(34-25-13-4-14-26-34,35-27-15-5-16-28-35)36-29-17-6-18-30-36;;/h2*1-30H;2*1H/q2*+1;;/p-2. The smallest absolute Gasteiger partial charge is 0.301 e. The summed E-state index contributed by atoms with van der Waals surface area (Å²) in [7, 11) is -9.99. The van der Waals surface area contributed by atoms with Crippen molar-refractivity contribution >= 4 is 91.9 Å². The molecule has 80 heavy (non-hydrogen) atoms. The van der Waals surface area contributed by atoms with Crippen molar-refractivity contribution in [3.63, 3.8) is 0 Å². The summed E-state index contributed by atoms with van der Waals surface area (Å²) >= 11 is 0. The molecule has 0 atom stereocenters. The van der Waals surface area contributed by atoms with Gasteiger partial charge in [-0.05, 0) is 146 Å². The van der Waals surface area contributed by atoms with E-state index >= 15 is 0 Å². The molecule has 0 aromatic heterocycles. The highest BCUT2D eigenvalue weighted by Crippen LogP contribution is 2.52. The fourth-order valence-electron chi connectivity index (χ4n) is 10.5. The second-order valence-electron chi connectivity index (χ2n) is 18.7. The predicted molar refractivity (Wildman–Crippen MR) is 345 cm³/mol. The van der Waals surface area contributed by atoms with Gasteiger partial charge in [0.2, 0.25) is 0 Å². The van der Waals surface area contributed by atoms with Crippen molar-refractivity contribution < 1.29 is 24.8 Å². The zero-order chi connectivity index (χ0) is 52.8. The third-order valence-corrected chi connectivity index (χ3v) is 30.9. The molecule has 0 unspecified atom stereocenters. The lowest BCUT2D eigenvalue weighted by Gasteiger charge is -2.20. The van der Waals surface area contributed by atoms with Crippen LogP contribution in [0.3, 0.4) is 0 Å². The molecular formula is C72H60Cl2N2P4. The van der Waals surface area contributed by atoms with E-state index in [9.17, 15) is 0 Å². The summed E-state index contributed by atoms with van der Waals surface area (Å²) in [4.78, 5) is 0. The van der Waals surface area contributed by atoms with E-state index in [1.165, 1.54) is 63.7 Å². The number of hydrogen-bond acceptors (Lipinski definition) is 0. The second-order valence-corrected chi connectivity index (χ2v) is 31.5. The van der Waals surface area contributed by atoms with E-state index in [-0.39, 0.29) is 24.8 Å². The van der Waals surface area contributed by atoms with Gasteiger partial charge in [-0.2, -0.15) is 0 Å². The highest BCUT2D eigenvalue weighted by Gasteiger charge is 2.46. The SMILES string of the molecule is [Cl-].[Cl-].c1ccc(P(=[N+]=P(c2ccccc2)(c2ccccc2)c2ccccc2)(c2ccccc2)c2ccccc2)cc1.c1ccc(P(=[N+]=P(c2ccccc2)(c2ccccc2)c2ccccc2)(c2ccccc2)c2ccccc2)cc1. The number of benzene rings is 12. The van der Waals surface area contributed by atoms with Gasteiger partial charge in [-0.15, -0.1) is 8.35 Å². The van der Waals surface area contributed by atoms with Crippen LogP contribution in [0, 0.1) is 0 Å². The van der Waals surface area contributed by atoms with E-state index in [0.29, 0.717) is 0 Å². The van der Waals surface area contributed by atoms with Gasteiger partial charge in [0, 0.05) is 0 Å². The summed E-state index contributed by atoms with van der Waals surface area (Å²) < 4.78 is 12.8. The summed E-state index contributed by atoms with van der Waals surface area (Å²) in [5, 5.41) is 15.1. The van der Waals surface area contributed by atoms with E-state index in [1.54, 1.807) is 0 Å². The van der Waals surface area contributed by atoms with Gasteiger partial charge in [0.05, 0.1) is 63.7 Å². The summed E-state index contributed by atoms with van der Waals surface area (Å²) in [5.41, 5.74) is 0. The third kappa shape index (κ3) is 11.4. The van der Waals surface area contributed by atoms with E-state index in [0.717, 1.165) is 0 Å². The first-order valence-corrected chi connectivity index (χ1v) is 33.4. The van der Waals surface area contributed by atoms with Crippen molar-refractivity contribution in [2.24, 2.45) is 0 Å². The van der Waals surface area contributed by atoms with Crippen LogP contribution < -0.4 is 96.8 Å². The average Bonchev–Trinajstić information content (AvgIpc) is 3.73. The van der Waals surface area contributed by atoms with E-state index in [4.69, 9.17) is 8.35 Å². The molecule has 12 aromatic carbocycles. The lowest BCUT2D eigenvalue weighted by Crippen LogP contribution is -3.00. The van der Waals surface area contributed by atoms with Crippen LogP contribution in [0.1, 0.15) is 0 Å². The molecule has 0 saturated carbocycles. The highest BCUT2D eigenvalue weighted by atomic mass is 35.5. The van der Waals surface area contributed by atoms with Crippen LogP contribution >= 0.6 is 28.2 Å². The number of hydrogen-bond donors (Lipinski definition) is 0. The molecule has 2 nitrogen and oxygen atoms in total. The predicted octanol–water partition coefficient (Wildman–Crippen LogP) is 6.83. The molecule has 0 bridgehead atoms. The van der Waals surface area contributed by atoms with Crippen LogP contribution in [0.4, 0.5) is 0 Å². The number of rotatable bonds is 12. The second kappa shape index (κ2) is 27.0. The van der Waals surface area contributed by atoms with Crippen LogP contribution in [-0.4, -0.2) is 0 Å². The Kier molecular flexibility index (Phi) is 19.3. The van der Waals surface area contributed by atoms with Crippen LogP contribution in [-0.2, 0) is 0 Å². The molecule has 392 valence electrons. The van der Waals surface area contributed by atoms with Gasteiger partial charge in [-0.25, -0.2) is 0 Å². The van der Waals surface area contributed by atoms with Crippen LogP contribution in [0.15, 0.2) is 364 Å². The summed E-state index contributed by atoms with van der Waals surface area (Å²) in [6, 6.07) is 131. The van der Waals surface area contributed by atoms with Crippen molar-refractivity contribution in [3.8, 4) is 0 Å². The van der Waals surface area contributed by atoms with Crippen molar-refractivity contribution in [3.05, 3.63) is 364 Å². The molecule has 0 radical (unpaired) electrons. The maximum Gasteiger partial charge on any atom is 0.301 e. The first kappa shape index (κ1) is 57.1. The molecular weight excluding hydrogens is 1090 g/mol. The van der Waals surface area contributed by atoms with Crippen molar-refractivity contribution in [2.75, 3.05) is 0 Å². The van der Waals surface area contributed by atoms with Gasteiger partial charge in [-0.3, -0.25) is 0 Å². The fraction of sp³-hybridized carbons (Fsp3) is 0. The van der Waals surface area contributed by atoms with Crippen molar-refractivity contribution in [2.45, 2.75) is 0 Å². The lowest BCUT2D eigenvalue weighted by atomic mass is 10.4. The Labute approximate surface area is 485 Å². The maximum atomic E-state index is 6.38. The van der Waals surface area contributed by atoms with Crippen LogP contribution in [0.2, 0.25) is 0 Å². The van der Waals surface area contributed by atoms with Gasteiger partial charge in [0.15, 0.2) is 0 Å². The van der Waals surface area contributed by atoms with Gasteiger partial charge in [-0.1, -0.05) is 218 Å². The van der Waals surface area contributed by atoms with Crippen molar-refractivity contribution in [1.82, 2.24) is 8.35 Å². The minimum atomic E-state index is -2.50. The Hall–Kier alpha value is -7.64. The Bertz CT molecular complexity index is 3130. The summed E-state index contributed by atoms with van der Waals surface area (Å²) in [6.45, 7) is 0. The topological polar surface area (TPSA) is 28.2 Å². The molecule has 0 spiro atoms. The summed E-state index contributed by atoms with van der Waals surface area (Å²) in [5.74, 6) is 0. The number of nitrogens with zero attached hydrogens (tertiary/aromatic N) is 2. The molecule has 0 amide bonds. The molecule has 12 aromatic rings. The molecule has 0 aliphatic rings. The fourth-order valence-corrected chi connectivity index (χ4v) is 29.5. The van der Waals surface area contributed by atoms with Gasteiger partial charge in [0.25, 0.3) is 0 Å². The summed E-state index contributed by atoms with van der Waals surface area (Å²) in [6.07, 6.45) is 0. The lowest BCUT2D eigenvalue weighted by molar-refractivity contribution is -0.001000. The van der Waals surface area contributed by atoms with Crippen molar-refractivity contribution in [1.29, 1.82) is 0 Å². The zero-order valence-electron chi connectivity index (χ0n) is 44.1. The number of halogens is 2. The molecule has 0 fully saturated rings. The molecule has 0 N–H and O–H groups in total. The van der Waals surface area contributed by atoms with Crippen LogP contribution in [0.25, 0.3) is 0 Å². The van der Waals surface area contributed by atoms with E-state index < -0.39 is 28.2 Å². The molecule has 0 saturated heterocycles. The average molecular weight is 1150 g/mol. The minimum Gasteiger partial charge on any atom is -1.00 e. The van der Waals surface area contributed by atoms with Gasteiger partial charge in [0.1, 0.15) is 0 Å². The molecule has 8 heteroatoms. The Morgan fingerprint density at radius 1 is 0.125 bits per heavy atom. The van der Waals surface area contributed by atoms with Gasteiger partial charge >= 0.3 is 28.2 Å². The monoisotopic (exact) mass is 1150 g/mol. The zero-order valence-corrected chi connectivity index (χ0v) is 49.2. The minimum absolute atomic E-state index is 0. The van der Waals surface area contributed by atoms with Gasteiger partial charge < -0.3 is 24.8 Å².